The van der Waals surface area contributed by atoms with Crippen LogP contribution in [0.15, 0.2) is 47.5 Å². The van der Waals surface area contributed by atoms with Crippen LogP contribution in [0, 0.1) is 0 Å². The second-order valence-electron chi connectivity index (χ2n) is 7.08. The van der Waals surface area contributed by atoms with Gasteiger partial charge in [-0.3, -0.25) is 14.6 Å². The third-order valence-electron chi connectivity index (χ3n) is 4.95. The fraction of sp³-hybridized carbons (Fsp3) is 0.348. The number of carbonyl (C=O) groups is 2. The molecule has 0 fully saturated rings. The maximum atomic E-state index is 12.9. The number of fused-ring (bicyclic) bond motifs is 1. The summed E-state index contributed by atoms with van der Waals surface area (Å²) in [7, 11) is 3.14. The molecule has 30 heavy (non-hydrogen) atoms. The predicted molar refractivity (Wildman–Crippen MR) is 117 cm³/mol. The van der Waals surface area contributed by atoms with Crippen LogP contribution in [0.2, 0.25) is 0 Å². The number of unbranched alkanes of at least 4 members (excludes halogenated alkanes) is 1. The Bertz CT molecular complexity index is 941. The van der Waals surface area contributed by atoms with E-state index in [-0.39, 0.29) is 11.8 Å². The zero-order valence-electron chi connectivity index (χ0n) is 17.5. The lowest BCUT2D eigenvalue weighted by Crippen LogP contribution is -2.26. The summed E-state index contributed by atoms with van der Waals surface area (Å²) in [5.74, 6) is 0.902. The molecule has 0 bridgehead atoms. The van der Waals surface area contributed by atoms with Gasteiger partial charge in [0.25, 0.3) is 0 Å². The Labute approximate surface area is 176 Å². The summed E-state index contributed by atoms with van der Waals surface area (Å²) in [6, 6.07) is 12.9. The number of hydrogen-bond acceptors (Lipinski definition) is 5. The van der Waals surface area contributed by atoms with Crippen LogP contribution in [0.3, 0.4) is 0 Å². The number of nitrogens with one attached hydrogen (secondary N) is 2. The molecule has 1 heterocycles. The first-order valence-electron chi connectivity index (χ1n) is 9.98. The Hall–Kier alpha value is -3.35. The number of aliphatic imine (C=N–C) groups is 1. The number of rotatable bonds is 8. The molecule has 0 radical (unpaired) electrons. The summed E-state index contributed by atoms with van der Waals surface area (Å²) in [6.07, 6.45) is 2.14. The predicted octanol–water partition coefficient (Wildman–Crippen LogP) is 3.17. The first-order valence-corrected chi connectivity index (χ1v) is 9.98. The summed E-state index contributed by atoms with van der Waals surface area (Å²) < 4.78 is 10.9. The summed E-state index contributed by atoms with van der Waals surface area (Å²) in [5, 5.41) is 5.78. The zero-order chi connectivity index (χ0) is 21.5. The summed E-state index contributed by atoms with van der Waals surface area (Å²) in [6.45, 7) is 2.09. The van der Waals surface area contributed by atoms with Gasteiger partial charge in [-0.2, -0.15) is 0 Å². The minimum absolute atomic E-state index is 0.0510. The van der Waals surface area contributed by atoms with E-state index in [4.69, 9.17) is 14.5 Å². The number of ether oxygens (including phenoxy) is 2. The monoisotopic (exact) mass is 409 g/mol. The molecule has 0 unspecified atom stereocenters. The highest BCUT2D eigenvalue weighted by Gasteiger charge is 2.27. The van der Waals surface area contributed by atoms with Gasteiger partial charge < -0.3 is 20.1 Å². The standard InChI is InChI=1S/C23H27N3O4/c1-15(27)24-12-8-7-11-18-23(28)26-19-14-21(30-3)20(29-2)13-17(19)22(25-18)16-9-5-4-6-10-16/h4-6,9-10,13-14,18H,7-8,11-12H2,1-3H3,(H,24,27)(H,26,28)/t18-/m0/s1. The van der Waals surface area contributed by atoms with Crippen LogP contribution in [-0.2, 0) is 9.59 Å². The molecule has 1 atom stereocenters. The van der Waals surface area contributed by atoms with Crippen LogP contribution in [-0.4, -0.2) is 44.3 Å². The van der Waals surface area contributed by atoms with Gasteiger partial charge >= 0.3 is 0 Å². The van der Waals surface area contributed by atoms with Crippen LogP contribution in [0.1, 0.15) is 37.3 Å². The van der Waals surface area contributed by atoms with Crippen LogP contribution >= 0.6 is 0 Å². The molecule has 7 nitrogen and oxygen atoms in total. The average Bonchev–Trinajstić information content (AvgIpc) is 2.88. The quantitative estimate of drug-likeness (QED) is 0.656. The van der Waals surface area contributed by atoms with Crippen molar-refractivity contribution in [1.82, 2.24) is 5.32 Å². The van der Waals surface area contributed by atoms with Gasteiger partial charge in [0.2, 0.25) is 11.8 Å². The van der Waals surface area contributed by atoms with Crippen LogP contribution < -0.4 is 20.1 Å². The third kappa shape index (κ3) is 4.97. The molecule has 7 heteroatoms. The van der Waals surface area contributed by atoms with Crippen molar-refractivity contribution < 1.29 is 19.1 Å². The van der Waals surface area contributed by atoms with E-state index < -0.39 is 6.04 Å². The van der Waals surface area contributed by atoms with E-state index in [9.17, 15) is 9.59 Å². The van der Waals surface area contributed by atoms with Crippen molar-refractivity contribution in [2.75, 3.05) is 26.1 Å². The molecule has 3 rings (SSSR count). The van der Waals surface area contributed by atoms with E-state index in [1.54, 1.807) is 20.3 Å². The molecule has 0 aromatic heterocycles. The number of amides is 2. The van der Waals surface area contributed by atoms with E-state index in [0.29, 0.717) is 30.2 Å². The first-order chi connectivity index (χ1) is 14.5. The Balaban J connectivity index is 1.95. The van der Waals surface area contributed by atoms with Crippen molar-refractivity contribution in [2.24, 2.45) is 4.99 Å². The fourth-order valence-electron chi connectivity index (χ4n) is 3.43. The first kappa shape index (κ1) is 21.4. The Morgan fingerprint density at radius 3 is 2.47 bits per heavy atom. The normalized spacial score (nSPS) is 15.4. The lowest BCUT2D eigenvalue weighted by Gasteiger charge is -2.15. The minimum atomic E-state index is -0.526. The van der Waals surface area contributed by atoms with E-state index in [2.05, 4.69) is 10.6 Å². The lowest BCUT2D eigenvalue weighted by molar-refractivity contribution is -0.119. The summed E-state index contributed by atoms with van der Waals surface area (Å²) >= 11 is 0. The van der Waals surface area contributed by atoms with Gasteiger partial charge in [0.15, 0.2) is 11.5 Å². The summed E-state index contributed by atoms with van der Waals surface area (Å²) in [4.78, 5) is 28.8. The highest BCUT2D eigenvalue weighted by atomic mass is 16.5. The second kappa shape index (κ2) is 9.91. The minimum Gasteiger partial charge on any atom is -0.493 e. The van der Waals surface area contributed by atoms with E-state index in [1.165, 1.54) is 6.92 Å². The molecule has 2 N–H and O–H groups in total. The van der Waals surface area contributed by atoms with Crippen molar-refractivity contribution in [3.05, 3.63) is 53.6 Å². The SMILES string of the molecule is COc1cc2c(cc1OC)C(c1ccccc1)=N[C@@H](CCCCNC(C)=O)C(=O)N2. The van der Waals surface area contributed by atoms with Crippen molar-refractivity contribution >= 4 is 23.2 Å². The molecule has 0 saturated heterocycles. The number of methoxy groups -OCH3 is 2. The Kier molecular flexibility index (Phi) is 7.06. The molecular formula is C23H27N3O4. The molecule has 158 valence electrons. The van der Waals surface area contributed by atoms with Gasteiger partial charge in [-0.15, -0.1) is 0 Å². The lowest BCUT2D eigenvalue weighted by atomic mass is 9.99. The van der Waals surface area contributed by atoms with Crippen molar-refractivity contribution in [3.8, 4) is 11.5 Å². The average molecular weight is 409 g/mol. The smallest absolute Gasteiger partial charge is 0.249 e. The van der Waals surface area contributed by atoms with Gasteiger partial charge in [0, 0.05) is 30.7 Å². The van der Waals surface area contributed by atoms with Crippen LogP contribution in [0.25, 0.3) is 0 Å². The van der Waals surface area contributed by atoms with Crippen LogP contribution in [0.5, 0.6) is 11.5 Å². The molecule has 2 amide bonds. The van der Waals surface area contributed by atoms with Gasteiger partial charge in [-0.25, -0.2) is 0 Å². The van der Waals surface area contributed by atoms with Gasteiger partial charge in [-0.1, -0.05) is 30.3 Å². The zero-order valence-corrected chi connectivity index (χ0v) is 17.5. The van der Waals surface area contributed by atoms with E-state index in [0.717, 1.165) is 29.7 Å². The van der Waals surface area contributed by atoms with E-state index in [1.807, 2.05) is 36.4 Å². The Morgan fingerprint density at radius 2 is 1.80 bits per heavy atom. The number of hydrogen-bond donors (Lipinski definition) is 2. The largest absolute Gasteiger partial charge is 0.493 e. The van der Waals surface area contributed by atoms with Gasteiger partial charge in [-0.05, 0) is 25.3 Å². The fourth-order valence-corrected chi connectivity index (χ4v) is 3.43. The maximum Gasteiger partial charge on any atom is 0.249 e. The number of benzodiazepines with no additional fused rings is 1. The van der Waals surface area contributed by atoms with E-state index >= 15 is 0 Å². The number of nitrogens with zero attached hydrogens (tertiary/aromatic N) is 1. The molecule has 0 spiro atoms. The molecule has 1 aliphatic heterocycles. The highest BCUT2D eigenvalue weighted by Crippen LogP contribution is 2.36. The van der Waals surface area contributed by atoms with Gasteiger partial charge in [0.1, 0.15) is 6.04 Å². The molecular weight excluding hydrogens is 382 g/mol. The van der Waals surface area contributed by atoms with Crippen molar-refractivity contribution in [2.45, 2.75) is 32.2 Å². The van der Waals surface area contributed by atoms with Crippen molar-refractivity contribution in [3.63, 3.8) is 0 Å². The topological polar surface area (TPSA) is 89.0 Å². The summed E-state index contributed by atoms with van der Waals surface area (Å²) in [5.41, 5.74) is 3.08. The third-order valence-corrected chi connectivity index (χ3v) is 4.95. The molecule has 2 aromatic carbocycles. The highest BCUT2D eigenvalue weighted by molar-refractivity contribution is 6.20. The number of carbonyl (C=O) groups excluding carboxylic acids is 2. The van der Waals surface area contributed by atoms with Gasteiger partial charge in [0.05, 0.1) is 25.6 Å². The van der Waals surface area contributed by atoms with Crippen LogP contribution in [0.4, 0.5) is 5.69 Å². The molecule has 1 aliphatic rings. The number of anilines is 1. The Morgan fingerprint density at radius 1 is 1.10 bits per heavy atom. The second-order valence-corrected chi connectivity index (χ2v) is 7.08. The molecule has 0 saturated carbocycles. The molecule has 0 aliphatic carbocycles. The maximum absolute atomic E-state index is 12.9. The van der Waals surface area contributed by atoms with Crippen molar-refractivity contribution in [1.29, 1.82) is 0 Å². The number of benzene rings is 2. The molecule has 2 aromatic rings.